The number of anilines is 1. The van der Waals surface area contributed by atoms with Crippen molar-refractivity contribution in [1.82, 2.24) is 4.90 Å². The van der Waals surface area contributed by atoms with E-state index in [4.69, 9.17) is 0 Å². The van der Waals surface area contributed by atoms with E-state index in [1.165, 1.54) is 12.1 Å². The highest BCUT2D eigenvalue weighted by Crippen LogP contribution is 2.18. The van der Waals surface area contributed by atoms with E-state index >= 15 is 0 Å². The Hall–Kier alpha value is -1.88. The van der Waals surface area contributed by atoms with Crippen LogP contribution in [0.3, 0.4) is 0 Å². The van der Waals surface area contributed by atoms with Crippen molar-refractivity contribution in [3.63, 3.8) is 0 Å². The molecule has 0 aliphatic carbocycles. The van der Waals surface area contributed by atoms with Crippen molar-refractivity contribution in [2.24, 2.45) is 0 Å². The number of hydrogen-bond donors (Lipinski definition) is 0. The summed E-state index contributed by atoms with van der Waals surface area (Å²) in [6.07, 6.45) is 0. The van der Waals surface area contributed by atoms with Gasteiger partial charge < -0.3 is 9.80 Å². The van der Waals surface area contributed by atoms with Crippen LogP contribution in [0.15, 0.2) is 46.9 Å². The maximum atomic E-state index is 13.4. The van der Waals surface area contributed by atoms with Gasteiger partial charge in [0.2, 0.25) is 0 Å². The third-order valence-electron chi connectivity index (χ3n) is 3.33. The number of rotatable bonds is 4. The van der Waals surface area contributed by atoms with Gasteiger partial charge in [-0.25, -0.2) is 4.39 Å². The van der Waals surface area contributed by atoms with Gasteiger partial charge in [-0.2, -0.15) is 0 Å². The van der Waals surface area contributed by atoms with E-state index in [9.17, 15) is 9.18 Å². The fourth-order valence-electron chi connectivity index (χ4n) is 2.14. The normalized spacial score (nSPS) is 10.4. The van der Waals surface area contributed by atoms with Crippen LogP contribution in [0, 0.1) is 5.82 Å². The van der Waals surface area contributed by atoms with Crippen molar-refractivity contribution in [3.8, 4) is 0 Å². The molecule has 0 bridgehead atoms. The number of nitrogens with zero attached hydrogens (tertiary/aromatic N) is 2. The molecule has 2 rings (SSSR count). The van der Waals surface area contributed by atoms with Crippen molar-refractivity contribution >= 4 is 27.5 Å². The number of benzene rings is 2. The number of carbonyl (C=O) groups is 1. The lowest BCUT2D eigenvalue weighted by Gasteiger charge is -2.18. The van der Waals surface area contributed by atoms with Crippen LogP contribution in [0.25, 0.3) is 0 Å². The Kier molecular flexibility index (Phi) is 5.19. The first-order valence-corrected chi connectivity index (χ1v) is 7.64. The van der Waals surface area contributed by atoms with Gasteiger partial charge in [0.25, 0.3) is 5.91 Å². The lowest BCUT2D eigenvalue weighted by atomic mass is 10.1. The first-order chi connectivity index (χ1) is 10.4. The monoisotopic (exact) mass is 364 g/mol. The molecule has 0 spiro atoms. The van der Waals surface area contributed by atoms with Gasteiger partial charge in [0.15, 0.2) is 0 Å². The van der Waals surface area contributed by atoms with Gasteiger partial charge in [0, 0.05) is 43.4 Å². The highest BCUT2D eigenvalue weighted by Gasteiger charge is 2.14. The van der Waals surface area contributed by atoms with E-state index in [1.54, 1.807) is 18.0 Å². The van der Waals surface area contributed by atoms with Crippen LogP contribution >= 0.6 is 15.9 Å². The first-order valence-electron chi connectivity index (χ1n) is 6.84. The lowest BCUT2D eigenvalue weighted by molar-refractivity contribution is 0.0784. The minimum Gasteiger partial charge on any atom is -0.378 e. The largest absolute Gasteiger partial charge is 0.378 e. The third-order valence-corrected chi connectivity index (χ3v) is 3.79. The van der Waals surface area contributed by atoms with Gasteiger partial charge >= 0.3 is 0 Å². The Balaban J connectivity index is 2.10. The van der Waals surface area contributed by atoms with Crippen LogP contribution in [0.1, 0.15) is 15.9 Å². The second kappa shape index (κ2) is 6.92. The van der Waals surface area contributed by atoms with Crippen LogP contribution in [0.2, 0.25) is 0 Å². The zero-order chi connectivity index (χ0) is 16.3. The average Bonchev–Trinajstić information content (AvgIpc) is 2.46. The van der Waals surface area contributed by atoms with Crippen molar-refractivity contribution in [2.45, 2.75) is 6.54 Å². The first kappa shape index (κ1) is 16.5. The predicted molar refractivity (Wildman–Crippen MR) is 90.7 cm³/mol. The summed E-state index contributed by atoms with van der Waals surface area (Å²) in [6, 6.07) is 12.2. The van der Waals surface area contributed by atoms with Crippen LogP contribution in [-0.2, 0) is 6.54 Å². The Bertz CT molecular complexity index is 651. The Morgan fingerprint density at radius 3 is 2.27 bits per heavy atom. The molecule has 22 heavy (non-hydrogen) atoms. The van der Waals surface area contributed by atoms with Crippen molar-refractivity contribution in [2.75, 3.05) is 26.0 Å². The summed E-state index contributed by atoms with van der Waals surface area (Å²) >= 11 is 3.20. The Morgan fingerprint density at radius 1 is 1.09 bits per heavy atom. The Morgan fingerprint density at radius 2 is 1.73 bits per heavy atom. The van der Waals surface area contributed by atoms with Crippen LogP contribution in [0.5, 0.6) is 0 Å². The third kappa shape index (κ3) is 4.07. The molecule has 2 aromatic rings. The minimum atomic E-state index is -0.429. The molecule has 0 fully saturated rings. The summed E-state index contributed by atoms with van der Waals surface area (Å²) in [4.78, 5) is 16.0. The molecule has 0 saturated heterocycles. The van der Waals surface area contributed by atoms with Gasteiger partial charge in [-0.05, 0) is 35.9 Å². The van der Waals surface area contributed by atoms with E-state index < -0.39 is 5.82 Å². The van der Waals surface area contributed by atoms with E-state index in [2.05, 4.69) is 15.9 Å². The fraction of sp³-hybridized carbons (Fsp3) is 0.235. The molecule has 0 N–H and O–H groups in total. The van der Waals surface area contributed by atoms with Gasteiger partial charge in [-0.3, -0.25) is 4.79 Å². The second-order valence-corrected chi connectivity index (χ2v) is 6.30. The summed E-state index contributed by atoms with van der Waals surface area (Å²) in [5.74, 6) is -0.640. The molecule has 0 radical (unpaired) electrons. The fourth-order valence-corrected chi connectivity index (χ4v) is 2.61. The van der Waals surface area contributed by atoms with E-state index in [0.717, 1.165) is 11.3 Å². The number of carbonyl (C=O) groups excluding carboxylic acids is 1. The van der Waals surface area contributed by atoms with E-state index in [0.29, 0.717) is 16.6 Å². The van der Waals surface area contributed by atoms with Gasteiger partial charge in [0.05, 0.1) is 0 Å². The zero-order valence-electron chi connectivity index (χ0n) is 12.8. The summed E-state index contributed by atoms with van der Waals surface area (Å²) < 4.78 is 13.9. The minimum absolute atomic E-state index is 0.211. The maximum absolute atomic E-state index is 13.4. The maximum Gasteiger partial charge on any atom is 0.254 e. The van der Waals surface area contributed by atoms with Gasteiger partial charge in [-0.15, -0.1) is 0 Å². The second-order valence-electron chi connectivity index (χ2n) is 5.38. The molecular formula is C17H18BrFN2O. The van der Waals surface area contributed by atoms with Crippen molar-refractivity contribution in [3.05, 3.63) is 63.9 Å². The van der Waals surface area contributed by atoms with E-state index in [1.807, 2.05) is 43.3 Å². The van der Waals surface area contributed by atoms with E-state index in [-0.39, 0.29) is 5.91 Å². The molecule has 0 aromatic heterocycles. The molecule has 0 saturated carbocycles. The summed E-state index contributed by atoms with van der Waals surface area (Å²) in [6.45, 7) is 0.473. The molecule has 0 heterocycles. The molecule has 5 heteroatoms. The molecule has 1 amide bonds. The highest BCUT2D eigenvalue weighted by atomic mass is 79.9. The Labute approximate surface area is 138 Å². The molecule has 0 aliphatic heterocycles. The molecule has 0 atom stereocenters. The molecule has 116 valence electrons. The van der Waals surface area contributed by atoms with Crippen molar-refractivity contribution in [1.29, 1.82) is 0 Å². The zero-order valence-corrected chi connectivity index (χ0v) is 14.4. The predicted octanol–water partition coefficient (Wildman–Crippen LogP) is 3.93. The summed E-state index contributed by atoms with van der Waals surface area (Å²) in [5.41, 5.74) is 2.46. The summed E-state index contributed by atoms with van der Waals surface area (Å²) in [5, 5.41) is 0. The number of halogens is 2. The van der Waals surface area contributed by atoms with Crippen LogP contribution < -0.4 is 4.90 Å². The van der Waals surface area contributed by atoms with Gasteiger partial charge in [-0.1, -0.05) is 28.1 Å². The lowest BCUT2D eigenvalue weighted by Crippen LogP contribution is -2.26. The average molecular weight is 365 g/mol. The molecule has 0 aliphatic rings. The molecular weight excluding hydrogens is 347 g/mol. The number of amides is 1. The quantitative estimate of drug-likeness (QED) is 0.820. The van der Waals surface area contributed by atoms with Crippen LogP contribution in [-0.4, -0.2) is 32.0 Å². The molecule has 3 nitrogen and oxygen atoms in total. The standard InChI is InChI=1S/C17H18BrFN2O/c1-20(2)16-6-4-12(5-7-16)11-21(3)17(22)13-8-14(18)10-15(19)9-13/h4-10H,11H2,1-3H3. The van der Waals surface area contributed by atoms with Crippen molar-refractivity contribution < 1.29 is 9.18 Å². The topological polar surface area (TPSA) is 23.6 Å². The smallest absolute Gasteiger partial charge is 0.254 e. The molecule has 0 unspecified atom stereocenters. The number of hydrogen-bond acceptors (Lipinski definition) is 2. The molecule has 2 aromatic carbocycles. The van der Waals surface area contributed by atoms with Crippen LogP contribution in [0.4, 0.5) is 10.1 Å². The SMILES string of the molecule is CN(Cc1ccc(N(C)C)cc1)C(=O)c1cc(F)cc(Br)c1. The van der Waals surface area contributed by atoms with Gasteiger partial charge in [0.1, 0.15) is 5.82 Å². The summed E-state index contributed by atoms with van der Waals surface area (Å²) in [7, 11) is 5.67. The highest BCUT2D eigenvalue weighted by molar-refractivity contribution is 9.10.